The van der Waals surface area contributed by atoms with Gasteiger partial charge in [-0.2, -0.15) is 0 Å². The number of carboxylic acids is 2. The molecule has 12 heteroatoms. The first-order chi connectivity index (χ1) is 17.9. The normalized spacial score (nSPS) is 14.1. The van der Waals surface area contributed by atoms with E-state index in [1.165, 1.54) is 0 Å². The molecule has 4 unspecified atom stereocenters. The lowest BCUT2D eigenvalue weighted by molar-refractivity contribution is -0.143. The van der Waals surface area contributed by atoms with E-state index in [-0.39, 0.29) is 31.6 Å². The highest BCUT2D eigenvalue weighted by molar-refractivity contribution is 5.94. The molecule has 0 aliphatic rings. The molecule has 0 aliphatic carbocycles. The predicted octanol–water partition coefficient (Wildman–Crippen LogP) is 0.135. The fourth-order valence-corrected chi connectivity index (χ4v) is 3.78. The first kappa shape index (κ1) is 32.5. The summed E-state index contributed by atoms with van der Waals surface area (Å²) in [5.74, 6) is -4.55. The second kappa shape index (κ2) is 17.1. The van der Waals surface area contributed by atoms with Gasteiger partial charge >= 0.3 is 11.9 Å². The maximum absolute atomic E-state index is 13.2. The Balaban J connectivity index is 3.00. The predicted molar refractivity (Wildman–Crippen MR) is 141 cm³/mol. The number of carbonyl (C=O) groups is 5. The third kappa shape index (κ3) is 12.6. The van der Waals surface area contributed by atoms with Gasteiger partial charge in [0.25, 0.3) is 0 Å². The zero-order valence-corrected chi connectivity index (χ0v) is 22.0. The largest absolute Gasteiger partial charge is 0.481 e. The maximum atomic E-state index is 13.2. The fourth-order valence-electron chi connectivity index (χ4n) is 3.78. The number of unbranched alkanes of at least 4 members (excludes halogenated alkanes) is 1. The van der Waals surface area contributed by atoms with E-state index in [4.69, 9.17) is 16.6 Å². The number of rotatable bonds is 18. The SMILES string of the molecule is CC(C)CC(NC(=O)C(CCC(=O)O)NC(=O)C(CCCCN)NC(=O)C(N)Cc1ccccc1)C(=O)O. The number of nitrogens with two attached hydrogens (primary N) is 2. The van der Waals surface area contributed by atoms with E-state index in [0.717, 1.165) is 5.56 Å². The zero-order chi connectivity index (χ0) is 28.7. The number of hydrogen-bond acceptors (Lipinski definition) is 7. The highest BCUT2D eigenvalue weighted by Crippen LogP contribution is 2.09. The molecule has 4 atom stereocenters. The van der Waals surface area contributed by atoms with Gasteiger partial charge in [-0.1, -0.05) is 44.2 Å². The van der Waals surface area contributed by atoms with E-state index in [0.29, 0.717) is 19.4 Å². The van der Waals surface area contributed by atoms with Crippen molar-refractivity contribution < 1.29 is 34.2 Å². The van der Waals surface area contributed by atoms with Crippen LogP contribution in [-0.4, -0.2) is 70.6 Å². The van der Waals surface area contributed by atoms with Crippen molar-refractivity contribution in [3.63, 3.8) is 0 Å². The highest BCUT2D eigenvalue weighted by Gasteiger charge is 2.30. The van der Waals surface area contributed by atoms with Crippen molar-refractivity contribution in [2.45, 2.75) is 83.0 Å². The molecule has 0 aromatic heterocycles. The van der Waals surface area contributed by atoms with Gasteiger partial charge in [-0.3, -0.25) is 19.2 Å². The van der Waals surface area contributed by atoms with Gasteiger partial charge in [-0.05, 0) is 56.6 Å². The molecule has 0 aliphatic heterocycles. The molecule has 0 bridgehead atoms. The fraction of sp³-hybridized carbons (Fsp3) is 0.577. The average molecular weight is 536 g/mol. The second-order valence-electron chi connectivity index (χ2n) is 9.66. The molecule has 0 radical (unpaired) electrons. The maximum Gasteiger partial charge on any atom is 0.326 e. The van der Waals surface area contributed by atoms with Gasteiger partial charge in [-0.25, -0.2) is 4.79 Å². The molecule has 38 heavy (non-hydrogen) atoms. The molecule has 1 aromatic carbocycles. The van der Waals surface area contributed by atoms with E-state index < -0.39 is 60.2 Å². The lowest BCUT2D eigenvalue weighted by Crippen LogP contribution is -2.57. The molecule has 0 heterocycles. The lowest BCUT2D eigenvalue weighted by atomic mass is 10.0. The monoisotopic (exact) mass is 535 g/mol. The Labute approximate surface area is 222 Å². The van der Waals surface area contributed by atoms with Gasteiger partial charge in [0.2, 0.25) is 17.7 Å². The average Bonchev–Trinajstić information content (AvgIpc) is 2.85. The number of amides is 3. The van der Waals surface area contributed by atoms with Crippen LogP contribution in [0.25, 0.3) is 0 Å². The molecule has 0 fully saturated rings. The minimum Gasteiger partial charge on any atom is -0.481 e. The summed E-state index contributed by atoms with van der Waals surface area (Å²) in [6.45, 7) is 3.97. The molecule has 9 N–H and O–H groups in total. The number of carbonyl (C=O) groups excluding carboxylic acids is 3. The standard InChI is InChI=1S/C26H41N5O7/c1-16(2)14-21(26(37)38)31-25(36)20(11-12-22(32)33)30-24(35)19(10-6-7-13-27)29-23(34)18(28)15-17-8-4-3-5-9-17/h3-5,8-9,16,18-21H,6-7,10-15,27-28H2,1-2H3,(H,29,34)(H,30,35)(H,31,36)(H,32,33)(H,37,38). The van der Waals surface area contributed by atoms with Gasteiger partial charge in [0, 0.05) is 6.42 Å². The van der Waals surface area contributed by atoms with Crippen LogP contribution >= 0.6 is 0 Å². The Kier molecular flexibility index (Phi) is 14.6. The minimum atomic E-state index is -1.32. The van der Waals surface area contributed by atoms with E-state index in [1.807, 2.05) is 30.3 Å². The van der Waals surface area contributed by atoms with Crippen LogP contribution < -0.4 is 27.4 Å². The molecular formula is C26H41N5O7. The van der Waals surface area contributed by atoms with Crippen LogP contribution in [-0.2, 0) is 30.4 Å². The number of benzene rings is 1. The van der Waals surface area contributed by atoms with Crippen LogP contribution in [0.4, 0.5) is 0 Å². The third-order valence-electron chi connectivity index (χ3n) is 5.82. The van der Waals surface area contributed by atoms with E-state index >= 15 is 0 Å². The Hall–Kier alpha value is -3.51. The summed E-state index contributed by atoms with van der Waals surface area (Å²) in [4.78, 5) is 61.6. The topological polar surface area (TPSA) is 214 Å². The van der Waals surface area contributed by atoms with Crippen LogP contribution in [0.15, 0.2) is 30.3 Å². The lowest BCUT2D eigenvalue weighted by Gasteiger charge is -2.25. The molecular weight excluding hydrogens is 494 g/mol. The van der Waals surface area contributed by atoms with Crippen molar-refractivity contribution in [1.82, 2.24) is 16.0 Å². The summed E-state index contributed by atoms with van der Waals surface area (Å²) in [6.07, 6.45) is 1.01. The molecule has 1 aromatic rings. The number of carboxylic acid groups (broad SMARTS) is 2. The first-order valence-electron chi connectivity index (χ1n) is 12.8. The summed E-state index contributed by atoms with van der Waals surface area (Å²) in [6, 6.07) is 4.63. The van der Waals surface area contributed by atoms with Gasteiger partial charge in [-0.15, -0.1) is 0 Å². The summed E-state index contributed by atoms with van der Waals surface area (Å²) in [5, 5.41) is 26.1. The summed E-state index contributed by atoms with van der Waals surface area (Å²) < 4.78 is 0. The van der Waals surface area contributed by atoms with Crippen molar-refractivity contribution in [2.24, 2.45) is 17.4 Å². The van der Waals surface area contributed by atoms with Crippen molar-refractivity contribution in [1.29, 1.82) is 0 Å². The number of hydrogen-bond donors (Lipinski definition) is 7. The van der Waals surface area contributed by atoms with E-state index in [2.05, 4.69) is 16.0 Å². The van der Waals surface area contributed by atoms with Crippen LogP contribution in [0.3, 0.4) is 0 Å². The summed E-state index contributed by atoms with van der Waals surface area (Å²) in [5.41, 5.74) is 12.5. The Bertz CT molecular complexity index is 926. The Morgan fingerprint density at radius 1 is 0.816 bits per heavy atom. The van der Waals surface area contributed by atoms with E-state index in [1.54, 1.807) is 13.8 Å². The molecule has 212 valence electrons. The summed E-state index contributed by atoms with van der Waals surface area (Å²) >= 11 is 0. The van der Waals surface area contributed by atoms with Gasteiger partial charge in [0.15, 0.2) is 0 Å². The molecule has 0 saturated carbocycles. The van der Waals surface area contributed by atoms with Crippen LogP contribution in [0, 0.1) is 5.92 Å². The van der Waals surface area contributed by atoms with Crippen molar-refractivity contribution in [2.75, 3.05) is 6.54 Å². The molecule has 0 saturated heterocycles. The Morgan fingerprint density at radius 2 is 1.37 bits per heavy atom. The van der Waals surface area contributed by atoms with Gasteiger partial charge in [0.05, 0.1) is 6.04 Å². The molecule has 0 spiro atoms. The van der Waals surface area contributed by atoms with Crippen molar-refractivity contribution in [3.05, 3.63) is 35.9 Å². The molecule has 1 rings (SSSR count). The van der Waals surface area contributed by atoms with Crippen LogP contribution in [0.5, 0.6) is 0 Å². The van der Waals surface area contributed by atoms with Gasteiger partial charge < -0.3 is 37.6 Å². The molecule has 3 amide bonds. The van der Waals surface area contributed by atoms with Crippen LogP contribution in [0.2, 0.25) is 0 Å². The van der Waals surface area contributed by atoms with E-state index in [9.17, 15) is 29.1 Å². The van der Waals surface area contributed by atoms with Crippen LogP contribution in [0.1, 0.15) is 57.9 Å². The number of nitrogens with one attached hydrogen (secondary N) is 3. The Morgan fingerprint density at radius 3 is 1.89 bits per heavy atom. The second-order valence-corrected chi connectivity index (χ2v) is 9.66. The summed E-state index contributed by atoms with van der Waals surface area (Å²) in [7, 11) is 0. The zero-order valence-electron chi connectivity index (χ0n) is 22.0. The quantitative estimate of drug-likeness (QED) is 0.127. The minimum absolute atomic E-state index is 0.0364. The molecule has 12 nitrogen and oxygen atoms in total. The first-order valence-corrected chi connectivity index (χ1v) is 12.8. The van der Waals surface area contributed by atoms with Gasteiger partial charge in [0.1, 0.15) is 18.1 Å². The van der Waals surface area contributed by atoms with Crippen molar-refractivity contribution >= 4 is 29.7 Å². The number of aliphatic carboxylic acids is 2. The van der Waals surface area contributed by atoms with Crippen molar-refractivity contribution in [3.8, 4) is 0 Å². The smallest absolute Gasteiger partial charge is 0.326 e. The highest BCUT2D eigenvalue weighted by atomic mass is 16.4. The third-order valence-corrected chi connectivity index (χ3v) is 5.82.